The first-order valence-electron chi connectivity index (χ1n) is 6.41. The van der Waals surface area contributed by atoms with E-state index in [1.807, 2.05) is 0 Å². The third-order valence-electron chi connectivity index (χ3n) is 3.26. The number of hydrogen-bond acceptors (Lipinski definition) is 5. The number of carbonyl (C=O) groups excluding carboxylic acids is 1. The molecule has 108 valence electrons. The minimum atomic E-state index is -0.484. The summed E-state index contributed by atoms with van der Waals surface area (Å²) in [4.78, 5) is 24.3. The molecule has 0 spiro atoms. The van der Waals surface area contributed by atoms with Gasteiger partial charge in [0.05, 0.1) is 11.5 Å². The molecule has 0 radical (unpaired) electrons. The number of nitrogens with zero attached hydrogens (tertiary/aromatic N) is 2. The number of benzene rings is 1. The van der Waals surface area contributed by atoms with E-state index in [9.17, 15) is 14.9 Å². The second-order valence-corrected chi connectivity index (χ2v) is 4.93. The highest BCUT2D eigenvalue weighted by atomic mass is 35.5. The van der Waals surface area contributed by atoms with Crippen molar-refractivity contribution in [2.24, 2.45) is 0 Å². The summed E-state index contributed by atoms with van der Waals surface area (Å²) >= 11 is 5.80. The van der Waals surface area contributed by atoms with Gasteiger partial charge in [0, 0.05) is 17.6 Å². The van der Waals surface area contributed by atoms with E-state index >= 15 is 0 Å². The Morgan fingerprint density at radius 3 is 3.00 bits per heavy atom. The number of anilines is 1. The average Bonchev–Trinajstić information content (AvgIpc) is 2.88. The van der Waals surface area contributed by atoms with Crippen molar-refractivity contribution in [3.63, 3.8) is 0 Å². The van der Waals surface area contributed by atoms with Gasteiger partial charge < -0.3 is 9.64 Å². The standard InChI is InChI=1S/C13H15ClN2O4/c1-2-20-13(17)11-4-3-7-15(11)10-6-5-9(14)8-12(10)16(18)19/h5-6,8,11H,2-4,7H2,1H3. The van der Waals surface area contributed by atoms with Gasteiger partial charge in [0.25, 0.3) is 5.69 Å². The zero-order valence-corrected chi connectivity index (χ0v) is 11.8. The number of halogens is 1. The highest BCUT2D eigenvalue weighted by Gasteiger charge is 2.35. The Balaban J connectivity index is 2.35. The maximum absolute atomic E-state index is 11.9. The molecule has 1 aromatic rings. The SMILES string of the molecule is CCOC(=O)C1CCCN1c1ccc(Cl)cc1[N+](=O)[O-]. The molecule has 1 aromatic carbocycles. The van der Waals surface area contributed by atoms with Crippen molar-refractivity contribution >= 4 is 28.9 Å². The van der Waals surface area contributed by atoms with Crippen molar-refractivity contribution in [3.8, 4) is 0 Å². The minimum absolute atomic E-state index is 0.0892. The molecule has 0 saturated carbocycles. The highest BCUT2D eigenvalue weighted by Crippen LogP contribution is 2.35. The van der Waals surface area contributed by atoms with Crippen molar-refractivity contribution in [1.29, 1.82) is 0 Å². The van der Waals surface area contributed by atoms with E-state index < -0.39 is 11.0 Å². The van der Waals surface area contributed by atoms with Crippen LogP contribution in [0.15, 0.2) is 18.2 Å². The molecular weight excluding hydrogens is 284 g/mol. The van der Waals surface area contributed by atoms with Gasteiger partial charge in [0.2, 0.25) is 0 Å². The molecule has 20 heavy (non-hydrogen) atoms. The van der Waals surface area contributed by atoms with Gasteiger partial charge in [-0.2, -0.15) is 0 Å². The summed E-state index contributed by atoms with van der Waals surface area (Å²) in [6.45, 7) is 2.62. The molecular formula is C13H15ClN2O4. The maximum atomic E-state index is 11.9. The van der Waals surface area contributed by atoms with Crippen LogP contribution in [0.5, 0.6) is 0 Å². The molecule has 2 rings (SSSR count). The molecule has 1 heterocycles. The van der Waals surface area contributed by atoms with Crippen LogP contribution in [0, 0.1) is 10.1 Å². The zero-order chi connectivity index (χ0) is 14.7. The van der Waals surface area contributed by atoms with Crippen molar-refractivity contribution in [2.45, 2.75) is 25.8 Å². The second kappa shape index (κ2) is 6.09. The molecule has 0 bridgehead atoms. The quantitative estimate of drug-likeness (QED) is 0.485. The normalized spacial score (nSPS) is 18.1. The smallest absolute Gasteiger partial charge is 0.328 e. The molecule has 1 fully saturated rings. The van der Waals surface area contributed by atoms with Crippen LogP contribution in [0.25, 0.3) is 0 Å². The Bertz CT molecular complexity index is 535. The fourth-order valence-corrected chi connectivity index (χ4v) is 2.59. The van der Waals surface area contributed by atoms with Gasteiger partial charge in [-0.25, -0.2) is 4.79 Å². The first-order valence-corrected chi connectivity index (χ1v) is 6.79. The average molecular weight is 299 g/mol. The van der Waals surface area contributed by atoms with Crippen LogP contribution >= 0.6 is 11.6 Å². The van der Waals surface area contributed by atoms with Crippen LogP contribution in [-0.2, 0) is 9.53 Å². The first kappa shape index (κ1) is 14.6. The number of esters is 1. The van der Waals surface area contributed by atoms with E-state index in [2.05, 4.69) is 0 Å². The topological polar surface area (TPSA) is 72.7 Å². The van der Waals surface area contributed by atoms with Gasteiger partial charge in [-0.05, 0) is 31.9 Å². The van der Waals surface area contributed by atoms with Crippen LogP contribution in [0.3, 0.4) is 0 Å². The molecule has 7 heteroatoms. The van der Waals surface area contributed by atoms with Crippen molar-refractivity contribution in [3.05, 3.63) is 33.3 Å². The fraction of sp³-hybridized carbons (Fsp3) is 0.462. The lowest BCUT2D eigenvalue weighted by Gasteiger charge is -2.24. The molecule has 0 amide bonds. The van der Waals surface area contributed by atoms with Crippen molar-refractivity contribution in [1.82, 2.24) is 0 Å². The van der Waals surface area contributed by atoms with E-state index in [4.69, 9.17) is 16.3 Å². The van der Waals surface area contributed by atoms with E-state index in [0.29, 0.717) is 30.3 Å². The summed E-state index contributed by atoms with van der Waals surface area (Å²) in [7, 11) is 0. The molecule has 6 nitrogen and oxygen atoms in total. The van der Waals surface area contributed by atoms with Gasteiger partial charge >= 0.3 is 5.97 Å². The molecule has 1 saturated heterocycles. The lowest BCUT2D eigenvalue weighted by atomic mass is 10.2. The molecule has 0 aliphatic carbocycles. The van der Waals surface area contributed by atoms with Gasteiger partial charge in [-0.1, -0.05) is 11.6 Å². The Hall–Kier alpha value is -1.82. The van der Waals surface area contributed by atoms with Crippen molar-refractivity contribution in [2.75, 3.05) is 18.1 Å². The monoisotopic (exact) mass is 298 g/mol. The Morgan fingerprint density at radius 2 is 2.35 bits per heavy atom. The summed E-state index contributed by atoms with van der Waals surface area (Å²) in [6.07, 6.45) is 1.43. The third kappa shape index (κ3) is 2.85. The summed E-state index contributed by atoms with van der Waals surface area (Å²) < 4.78 is 5.03. The summed E-state index contributed by atoms with van der Waals surface area (Å²) in [5, 5.41) is 11.4. The lowest BCUT2D eigenvalue weighted by molar-refractivity contribution is -0.384. The van der Waals surface area contributed by atoms with E-state index in [1.54, 1.807) is 24.0 Å². The maximum Gasteiger partial charge on any atom is 0.328 e. The molecule has 1 atom stereocenters. The molecule has 1 unspecified atom stereocenters. The van der Waals surface area contributed by atoms with Crippen LogP contribution in [0.4, 0.5) is 11.4 Å². The van der Waals surface area contributed by atoms with Crippen LogP contribution in [0.2, 0.25) is 5.02 Å². The highest BCUT2D eigenvalue weighted by molar-refractivity contribution is 6.30. The number of carbonyl (C=O) groups is 1. The van der Waals surface area contributed by atoms with Gasteiger partial charge in [-0.15, -0.1) is 0 Å². The third-order valence-corrected chi connectivity index (χ3v) is 3.49. The predicted molar refractivity (Wildman–Crippen MR) is 75.1 cm³/mol. The largest absolute Gasteiger partial charge is 0.464 e. The summed E-state index contributed by atoms with van der Waals surface area (Å²) in [5.74, 6) is -0.339. The number of nitro groups is 1. The van der Waals surface area contributed by atoms with Crippen LogP contribution in [-0.4, -0.2) is 30.1 Å². The Morgan fingerprint density at radius 1 is 1.60 bits per heavy atom. The minimum Gasteiger partial charge on any atom is -0.464 e. The molecule has 0 N–H and O–H groups in total. The van der Waals surface area contributed by atoms with E-state index in [-0.39, 0.29) is 11.7 Å². The number of rotatable bonds is 4. The van der Waals surface area contributed by atoms with Crippen LogP contribution in [0.1, 0.15) is 19.8 Å². The molecule has 1 aliphatic rings. The lowest BCUT2D eigenvalue weighted by Crippen LogP contribution is -2.37. The van der Waals surface area contributed by atoms with E-state index in [1.165, 1.54) is 6.07 Å². The van der Waals surface area contributed by atoms with Crippen LogP contribution < -0.4 is 4.90 Å². The zero-order valence-electron chi connectivity index (χ0n) is 11.0. The van der Waals surface area contributed by atoms with Gasteiger partial charge in [-0.3, -0.25) is 10.1 Å². The Labute approximate surface area is 121 Å². The number of hydrogen-bond donors (Lipinski definition) is 0. The second-order valence-electron chi connectivity index (χ2n) is 4.49. The molecule has 1 aliphatic heterocycles. The number of nitro benzene ring substituents is 1. The summed E-state index contributed by atoms with van der Waals surface area (Å²) in [5.41, 5.74) is 0.323. The first-order chi connectivity index (χ1) is 9.54. The van der Waals surface area contributed by atoms with Gasteiger partial charge in [0.15, 0.2) is 0 Å². The van der Waals surface area contributed by atoms with E-state index in [0.717, 1.165) is 6.42 Å². The molecule has 0 aromatic heterocycles. The predicted octanol–water partition coefficient (Wildman–Crippen LogP) is 2.78. The number of ether oxygens (including phenoxy) is 1. The van der Waals surface area contributed by atoms with Crippen molar-refractivity contribution < 1.29 is 14.5 Å². The fourth-order valence-electron chi connectivity index (χ4n) is 2.42. The summed E-state index contributed by atoms with van der Waals surface area (Å²) in [6, 6.07) is 4.01. The van der Waals surface area contributed by atoms with Gasteiger partial charge in [0.1, 0.15) is 11.7 Å². The Kier molecular flexibility index (Phi) is 4.44.